The molecular weight excluding hydrogens is 356 g/mol. The predicted molar refractivity (Wildman–Crippen MR) is 107 cm³/mol. The molecule has 0 bridgehead atoms. The minimum Gasteiger partial charge on any atom is -0.395 e. The van der Waals surface area contributed by atoms with Crippen LogP contribution in [0.4, 0.5) is 4.79 Å². The van der Waals surface area contributed by atoms with E-state index >= 15 is 0 Å². The van der Waals surface area contributed by atoms with Crippen LogP contribution in [-0.4, -0.2) is 21.7 Å². The molecule has 0 unspecified atom stereocenters. The Kier molecular flexibility index (Phi) is 5.49. The maximum Gasteiger partial charge on any atom is 0.323 e. The number of carbonyl (C=O) groups excluding carboxylic acids is 2. The van der Waals surface area contributed by atoms with Gasteiger partial charge in [-0.25, -0.2) is 4.79 Å². The first-order chi connectivity index (χ1) is 13.4. The van der Waals surface area contributed by atoms with E-state index in [0.717, 1.165) is 29.7 Å². The molecule has 5 N–H and O–H groups in total. The van der Waals surface area contributed by atoms with Gasteiger partial charge in [-0.1, -0.05) is 31.7 Å². The molecule has 1 aliphatic heterocycles. The van der Waals surface area contributed by atoms with Crippen LogP contribution in [0.2, 0.25) is 0 Å². The zero-order chi connectivity index (χ0) is 20.3. The second kappa shape index (κ2) is 7.99. The molecule has 2 aromatic rings. The molecule has 0 fully saturated rings. The number of rotatable bonds is 6. The smallest absolute Gasteiger partial charge is 0.323 e. The number of urea groups is 1. The maximum atomic E-state index is 12.6. The van der Waals surface area contributed by atoms with Crippen molar-refractivity contribution in [1.29, 1.82) is 0 Å². The van der Waals surface area contributed by atoms with Gasteiger partial charge < -0.3 is 21.7 Å². The fourth-order valence-electron chi connectivity index (χ4n) is 2.95. The second-order valence-electron chi connectivity index (χ2n) is 6.66. The van der Waals surface area contributed by atoms with Crippen molar-refractivity contribution in [3.63, 3.8) is 0 Å². The van der Waals surface area contributed by atoms with Crippen LogP contribution >= 0.6 is 0 Å². The van der Waals surface area contributed by atoms with Crippen molar-refractivity contribution in [2.75, 3.05) is 0 Å². The lowest BCUT2D eigenvalue weighted by Gasteiger charge is -2.22. The van der Waals surface area contributed by atoms with Gasteiger partial charge in [0.15, 0.2) is 0 Å². The van der Waals surface area contributed by atoms with E-state index in [1.54, 1.807) is 0 Å². The SMILES string of the molecule is C=C1NC(=O)NC(C(=O)N[C@H](C)c2cccc(-c3cnn(CCC)c3)c2)=C1N. The summed E-state index contributed by atoms with van der Waals surface area (Å²) >= 11 is 0. The van der Waals surface area contributed by atoms with Crippen molar-refractivity contribution in [3.05, 3.63) is 65.9 Å². The van der Waals surface area contributed by atoms with Crippen LogP contribution in [0.1, 0.15) is 31.9 Å². The lowest BCUT2D eigenvalue weighted by atomic mass is 10.0. The first-order valence-electron chi connectivity index (χ1n) is 9.09. The third-order valence-electron chi connectivity index (χ3n) is 4.48. The molecule has 0 aliphatic carbocycles. The van der Waals surface area contributed by atoms with Crippen molar-refractivity contribution in [2.24, 2.45) is 5.73 Å². The molecule has 1 atom stereocenters. The van der Waals surface area contributed by atoms with Crippen LogP contribution in [0.15, 0.2) is 60.3 Å². The molecule has 0 saturated carbocycles. The highest BCUT2D eigenvalue weighted by Crippen LogP contribution is 2.23. The second-order valence-corrected chi connectivity index (χ2v) is 6.66. The molecule has 2 heterocycles. The van der Waals surface area contributed by atoms with Gasteiger partial charge in [0.25, 0.3) is 5.91 Å². The third kappa shape index (κ3) is 4.06. The zero-order valence-corrected chi connectivity index (χ0v) is 16.0. The molecule has 8 nitrogen and oxygen atoms in total. The summed E-state index contributed by atoms with van der Waals surface area (Å²) in [5.41, 5.74) is 9.13. The highest BCUT2D eigenvalue weighted by molar-refractivity contribution is 6.00. The van der Waals surface area contributed by atoms with E-state index in [2.05, 4.69) is 34.6 Å². The number of aromatic nitrogens is 2. The van der Waals surface area contributed by atoms with Gasteiger partial charge in [-0.2, -0.15) is 5.10 Å². The zero-order valence-electron chi connectivity index (χ0n) is 16.0. The van der Waals surface area contributed by atoms with Crippen LogP contribution in [0.5, 0.6) is 0 Å². The Balaban J connectivity index is 1.76. The van der Waals surface area contributed by atoms with E-state index < -0.39 is 11.9 Å². The average Bonchev–Trinajstić information content (AvgIpc) is 3.13. The Morgan fingerprint density at radius 3 is 2.89 bits per heavy atom. The molecular formula is C20H24N6O2. The van der Waals surface area contributed by atoms with Gasteiger partial charge >= 0.3 is 6.03 Å². The number of aryl methyl sites for hydroxylation is 1. The fourth-order valence-corrected chi connectivity index (χ4v) is 2.95. The number of nitrogens with two attached hydrogens (primary N) is 1. The minimum absolute atomic E-state index is 0.00223. The van der Waals surface area contributed by atoms with Crippen LogP contribution in [0, 0.1) is 0 Å². The fraction of sp³-hybridized carbons (Fsp3) is 0.250. The molecule has 3 amide bonds. The largest absolute Gasteiger partial charge is 0.395 e. The lowest BCUT2D eigenvalue weighted by Crippen LogP contribution is -2.47. The Bertz CT molecular complexity index is 959. The minimum atomic E-state index is -0.539. The molecule has 1 aromatic heterocycles. The highest BCUT2D eigenvalue weighted by Gasteiger charge is 2.25. The molecule has 0 spiro atoms. The van der Waals surface area contributed by atoms with E-state index in [0.29, 0.717) is 0 Å². The van der Waals surface area contributed by atoms with Crippen LogP contribution in [0.25, 0.3) is 11.1 Å². The molecule has 1 aromatic carbocycles. The third-order valence-corrected chi connectivity index (χ3v) is 4.48. The molecule has 0 saturated heterocycles. The van der Waals surface area contributed by atoms with E-state index in [1.807, 2.05) is 48.3 Å². The summed E-state index contributed by atoms with van der Waals surface area (Å²) in [7, 11) is 0. The molecule has 1 aliphatic rings. The van der Waals surface area contributed by atoms with Gasteiger partial charge in [-0.3, -0.25) is 9.48 Å². The number of benzene rings is 1. The number of hydrogen-bond donors (Lipinski definition) is 4. The molecule has 8 heteroatoms. The normalized spacial score (nSPS) is 15.1. The lowest BCUT2D eigenvalue weighted by molar-refractivity contribution is -0.118. The summed E-state index contributed by atoms with van der Waals surface area (Å²) in [6.45, 7) is 8.48. The van der Waals surface area contributed by atoms with Gasteiger partial charge in [0.1, 0.15) is 5.70 Å². The van der Waals surface area contributed by atoms with Crippen LogP contribution < -0.4 is 21.7 Å². The monoisotopic (exact) mass is 380 g/mol. The number of nitrogens with one attached hydrogen (secondary N) is 3. The summed E-state index contributed by atoms with van der Waals surface area (Å²) in [4.78, 5) is 24.1. The van der Waals surface area contributed by atoms with E-state index in [9.17, 15) is 9.59 Å². The Morgan fingerprint density at radius 2 is 2.14 bits per heavy atom. The summed E-state index contributed by atoms with van der Waals surface area (Å²) in [5.74, 6) is -0.470. The van der Waals surface area contributed by atoms with Crippen molar-refractivity contribution in [3.8, 4) is 11.1 Å². The highest BCUT2D eigenvalue weighted by atomic mass is 16.2. The number of nitrogens with zero attached hydrogens (tertiary/aromatic N) is 2. The first-order valence-corrected chi connectivity index (χ1v) is 9.09. The van der Waals surface area contributed by atoms with Gasteiger partial charge in [-0.05, 0) is 30.5 Å². The molecule has 146 valence electrons. The molecule has 0 radical (unpaired) electrons. The van der Waals surface area contributed by atoms with Gasteiger partial charge in [-0.15, -0.1) is 0 Å². The summed E-state index contributed by atoms with van der Waals surface area (Å²) in [6.07, 6.45) is 4.86. The quantitative estimate of drug-likeness (QED) is 0.615. The summed E-state index contributed by atoms with van der Waals surface area (Å²) < 4.78 is 1.91. The summed E-state index contributed by atoms with van der Waals surface area (Å²) in [5, 5.41) is 12.1. The van der Waals surface area contributed by atoms with Crippen LogP contribution in [-0.2, 0) is 11.3 Å². The van der Waals surface area contributed by atoms with Crippen molar-refractivity contribution < 1.29 is 9.59 Å². The van der Waals surface area contributed by atoms with Crippen molar-refractivity contribution in [1.82, 2.24) is 25.7 Å². The van der Waals surface area contributed by atoms with E-state index in [-0.39, 0.29) is 23.1 Å². The van der Waals surface area contributed by atoms with E-state index in [4.69, 9.17) is 5.73 Å². The number of amides is 3. The molecule has 3 rings (SSSR count). The first kappa shape index (κ1) is 19.2. The van der Waals surface area contributed by atoms with Crippen molar-refractivity contribution >= 4 is 11.9 Å². The van der Waals surface area contributed by atoms with Crippen molar-refractivity contribution in [2.45, 2.75) is 32.9 Å². The topological polar surface area (TPSA) is 114 Å². The number of hydrogen-bond acceptors (Lipinski definition) is 4. The summed E-state index contributed by atoms with van der Waals surface area (Å²) in [6, 6.07) is 7.05. The standard InChI is InChI=1S/C20H24N6O2/c1-4-8-26-11-16(10-22-26)15-7-5-6-14(9-15)12(2)23-19(27)18-17(21)13(3)24-20(28)25-18/h5-7,9-12H,3-4,8,21H2,1-2H3,(H,23,27)(H2,24,25,28)/t12-/m1/s1. The predicted octanol–water partition coefficient (Wildman–Crippen LogP) is 2.13. The Labute approximate surface area is 163 Å². The van der Waals surface area contributed by atoms with Gasteiger partial charge in [0.05, 0.1) is 23.6 Å². The average molecular weight is 380 g/mol. The number of carbonyl (C=O) groups is 2. The Hall–Kier alpha value is -3.55. The molecule has 28 heavy (non-hydrogen) atoms. The Morgan fingerprint density at radius 1 is 1.36 bits per heavy atom. The van der Waals surface area contributed by atoms with Gasteiger partial charge in [0, 0.05) is 18.3 Å². The van der Waals surface area contributed by atoms with E-state index in [1.165, 1.54) is 0 Å². The van der Waals surface area contributed by atoms with Gasteiger partial charge in [0.2, 0.25) is 0 Å². The van der Waals surface area contributed by atoms with Crippen LogP contribution in [0.3, 0.4) is 0 Å². The maximum absolute atomic E-state index is 12.6.